The number of nitrogens with zero attached hydrogens (tertiary/aromatic N) is 1. The number of benzene rings is 1. The molecule has 0 spiro atoms. The molecule has 1 amide bonds. The molecule has 0 N–H and O–H groups in total. The average molecular weight is 265 g/mol. The van der Waals surface area contributed by atoms with Gasteiger partial charge in [-0.3, -0.25) is 4.90 Å². The largest absolute Gasteiger partial charge is 0.444 e. The van der Waals surface area contributed by atoms with E-state index in [0.717, 1.165) is 5.75 Å². The molecular formula is C14H19NO2S. The minimum Gasteiger partial charge on any atom is -0.444 e. The van der Waals surface area contributed by atoms with Crippen molar-refractivity contribution in [1.29, 1.82) is 0 Å². The summed E-state index contributed by atoms with van der Waals surface area (Å²) in [7, 11) is 0. The number of ether oxygens (including phenoxy) is 1. The summed E-state index contributed by atoms with van der Waals surface area (Å²) >= 11 is 4.26. The maximum absolute atomic E-state index is 12.0. The second-order valence-corrected chi connectivity index (χ2v) is 5.91. The van der Waals surface area contributed by atoms with Gasteiger partial charge >= 0.3 is 6.09 Å². The van der Waals surface area contributed by atoms with Gasteiger partial charge in [-0.05, 0) is 37.5 Å². The van der Waals surface area contributed by atoms with Crippen LogP contribution < -0.4 is 0 Å². The van der Waals surface area contributed by atoms with Crippen molar-refractivity contribution in [3.8, 4) is 0 Å². The number of carbonyl (C=O) groups excluding carboxylic acids is 1. The van der Waals surface area contributed by atoms with E-state index in [2.05, 4.69) is 30.8 Å². The summed E-state index contributed by atoms with van der Waals surface area (Å²) in [6.45, 7) is 6.91. The highest BCUT2D eigenvalue weighted by Gasteiger charge is 2.27. The molecule has 0 unspecified atom stereocenters. The normalized spacial score (nSPS) is 14.6. The van der Waals surface area contributed by atoms with Crippen LogP contribution in [0.4, 0.5) is 4.79 Å². The summed E-state index contributed by atoms with van der Waals surface area (Å²) in [6, 6.07) is 6.25. The van der Waals surface area contributed by atoms with Crippen LogP contribution in [0.15, 0.2) is 18.2 Å². The molecule has 3 nitrogen and oxygen atoms in total. The fourth-order valence-corrected chi connectivity index (χ4v) is 2.20. The predicted molar refractivity (Wildman–Crippen MR) is 74.6 cm³/mol. The van der Waals surface area contributed by atoms with Crippen LogP contribution >= 0.6 is 12.6 Å². The quantitative estimate of drug-likeness (QED) is 0.789. The van der Waals surface area contributed by atoms with Gasteiger partial charge in [0, 0.05) is 18.8 Å². The molecule has 4 heteroatoms. The predicted octanol–water partition coefficient (Wildman–Crippen LogP) is 3.37. The first kappa shape index (κ1) is 13.3. The van der Waals surface area contributed by atoms with Crippen LogP contribution in [0.2, 0.25) is 0 Å². The van der Waals surface area contributed by atoms with Gasteiger partial charge < -0.3 is 4.74 Å². The number of rotatable bonds is 1. The summed E-state index contributed by atoms with van der Waals surface area (Å²) in [4.78, 5) is 13.7. The molecule has 1 aliphatic heterocycles. The van der Waals surface area contributed by atoms with Crippen LogP contribution in [0, 0.1) is 0 Å². The average Bonchev–Trinajstić information content (AvgIpc) is 2.69. The summed E-state index contributed by atoms with van der Waals surface area (Å²) in [5.74, 6) is 0.722. The zero-order chi connectivity index (χ0) is 13.3. The fraction of sp³-hybridized carbons (Fsp3) is 0.500. The van der Waals surface area contributed by atoms with Gasteiger partial charge in [-0.1, -0.05) is 18.2 Å². The molecule has 18 heavy (non-hydrogen) atoms. The topological polar surface area (TPSA) is 29.5 Å². The van der Waals surface area contributed by atoms with E-state index in [1.54, 1.807) is 4.90 Å². The van der Waals surface area contributed by atoms with E-state index in [9.17, 15) is 4.79 Å². The third kappa shape index (κ3) is 2.99. The molecule has 1 aromatic rings. The highest BCUT2D eigenvalue weighted by Crippen LogP contribution is 2.25. The molecule has 0 saturated heterocycles. The molecular weight excluding hydrogens is 246 g/mol. The number of hydrogen-bond donors (Lipinski definition) is 1. The van der Waals surface area contributed by atoms with Gasteiger partial charge in [0.2, 0.25) is 0 Å². The Kier molecular flexibility index (Phi) is 3.57. The number of hydrogen-bond acceptors (Lipinski definition) is 3. The van der Waals surface area contributed by atoms with Crippen LogP contribution in [0.3, 0.4) is 0 Å². The Hall–Kier alpha value is -1.16. The Morgan fingerprint density at radius 2 is 2.00 bits per heavy atom. The van der Waals surface area contributed by atoms with Gasteiger partial charge in [0.25, 0.3) is 0 Å². The van der Waals surface area contributed by atoms with Gasteiger partial charge in [0.1, 0.15) is 5.60 Å². The highest BCUT2D eigenvalue weighted by atomic mass is 32.1. The molecule has 1 aromatic carbocycles. The zero-order valence-electron chi connectivity index (χ0n) is 11.1. The van der Waals surface area contributed by atoms with Crippen molar-refractivity contribution in [2.24, 2.45) is 0 Å². The lowest BCUT2D eigenvalue weighted by Gasteiger charge is -2.24. The number of fused-ring (bicyclic) bond motifs is 1. The molecule has 98 valence electrons. The lowest BCUT2D eigenvalue weighted by molar-refractivity contribution is 0.0242. The van der Waals surface area contributed by atoms with Crippen molar-refractivity contribution in [2.45, 2.75) is 45.2 Å². The monoisotopic (exact) mass is 265 g/mol. The summed E-state index contributed by atoms with van der Waals surface area (Å²) in [5.41, 5.74) is 3.14. The van der Waals surface area contributed by atoms with Crippen molar-refractivity contribution in [1.82, 2.24) is 4.90 Å². The summed E-state index contributed by atoms with van der Waals surface area (Å²) in [5, 5.41) is 0. The highest BCUT2D eigenvalue weighted by molar-refractivity contribution is 7.79. The second-order valence-electron chi connectivity index (χ2n) is 5.60. The van der Waals surface area contributed by atoms with E-state index in [-0.39, 0.29) is 6.09 Å². The summed E-state index contributed by atoms with van der Waals surface area (Å²) in [6.07, 6.45) is -0.244. The van der Waals surface area contributed by atoms with E-state index in [0.29, 0.717) is 13.1 Å². The van der Waals surface area contributed by atoms with Crippen LogP contribution in [0.25, 0.3) is 0 Å². The first-order chi connectivity index (χ1) is 8.39. The smallest absolute Gasteiger partial charge is 0.410 e. The SMILES string of the molecule is CC(C)(C)OC(=O)N1Cc2ccc(CS)cc2C1. The van der Waals surface area contributed by atoms with Crippen molar-refractivity contribution >= 4 is 18.7 Å². The maximum Gasteiger partial charge on any atom is 0.410 e. The van der Waals surface area contributed by atoms with Crippen molar-refractivity contribution in [3.63, 3.8) is 0 Å². The number of thiol groups is 1. The Morgan fingerprint density at radius 3 is 2.61 bits per heavy atom. The van der Waals surface area contributed by atoms with E-state index < -0.39 is 5.60 Å². The third-order valence-electron chi connectivity index (χ3n) is 2.83. The van der Waals surface area contributed by atoms with Gasteiger partial charge in [-0.25, -0.2) is 4.79 Å². The van der Waals surface area contributed by atoms with Crippen molar-refractivity contribution in [2.75, 3.05) is 0 Å². The molecule has 0 radical (unpaired) electrons. The molecule has 0 aliphatic carbocycles. The number of amides is 1. The van der Waals surface area contributed by atoms with E-state index in [1.165, 1.54) is 16.7 Å². The molecule has 0 fully saturated rings. The molecule has 1 heterocycles. The first-order valence-electron chi connectivity index (χ1n) is 6.08. The van der Waals surface area contributed by atoms with Gasteiger partial charge in [0.05, 0.1) is 0 Å². The van der Waals surface area contributed by atoms with Crippen LogP contribution in [0.5, 0.6) is 0 Å². The number of carbonyl (C=O) groups is 1. The van der Waals surface area contributed by atoms with Crippen molar-refractivity contribution < 1.29 is 9.53 Å². The summed E-state index contributed by atoms with van der Waals surface area (Å²) < 4.78 is 5.38. The molecule has 0 saturated carbocycles. The van der Waals surface area contributed by atoms with Gasteiger partial charge in [0.15, 0.2) is 0 Å². The zero-order valence-corrected chi connectivity index (χ0v) is 12.0. The maximum atomic E-state index is 12.0. The molecule has 2 rings (SSSR count). The molecule has 1 aliphatic rings. The van der Waals surface area contributed by atoms with Crippen molar-refractivity contribution in [3.05, 3.63) is 34.9 Å². The van der Waals surface area contributed by atoms with Crippen LogP contribution in [0.1, 0.15) is 37.5 Å². The molecule has 0 aromatic heterocycles. The van der Waals surface area contributed by atoms with Gasteiger partial charge in [-0.2, -0.15) is 12.6 Å². The second kappa shape index (κ2) is 4.84. The fourth-order valence-electron chi connectivity index (χ4n) is 2.00. The molecule has 0 atom stereocenters. The lowest BCUT2D eigenvalue weighted by atomic mass is 10.1. The van der Waals surface area contributed by atoms with Gasteiger partial charge in [-0.15, -0.1) is 0 Å². The Bertz CT molecular complexity index is 465. The van der Waals surface area contributed by atoms with E-state index >= 15 is 0 Å². The standard InChI is InChI=1S/C14H19NO2S/c1-14(2,3)17-13(16)15-7-11-5-4-10(9-18)6-12(11)8-15/h4-6,18H,7-9H2,1-3H3. The Morgan fingerprint density at radius 1 is 1.33 bits per heavy atom. The molecule has 0 bridgehead atoms. The van der Waals surface area contributed by atoms with E-state index in [1.807, 2.05) is 20.8 Å². The Labute approximate surface area is 114 Å². The minimum atomic E-state index is -0.442. The minimum absolute atomic E-state index is 0.244. The van der Waals surface area contributed by atoms with Crippen LogP contribution in [-0.4, -0.2) is 16.6 Å². The Balaban J connectivity index is 2.08. The first-order valence-corrected chi connectivity index (χ1v) is 6.72. The third-order valence-corrected chi connectivity index (χ3v) is 3.19. The van der Waals surface area contributed by atoms with E-state index in [4.69, 9.17) is 4.74 Å². The van der Waals surface area contributed by atoms with Crippen LogP contribution in [-0.2, 0) is 23.6 Å². The lowest BCUT2D eigenvalue weighted by Crippen LogP contribution is -2.33.